The molecule has 0 saturated carbocycles. The van der Waals surface area contributed by atoms with E-state index in [1.807, 2.05) is 12.1 Å². The molecule has 1 saturated heterocycles. The molecule has 32 nitrogen and oxygen atoms in total. The third kappa shape index (κ3) is 21.9. The number of carbonyl (C=O) groups is 7. The van der Waals surface area contributed by atoms with Crippen molar-refractivity contribution in [1.29, 1.82) is 0 Å². The minimum Gasteiger partial charge on any atom is -0.491 e. The number of anilines is 5. The van der Waals surface area contributed by atoms with Crippen molar-refractivity contribution in [2.75, 3.05) is 165 Å². The Morgan fingerprint density at radius 2 is 0.944 bits per heavy atom. The lowest BCUT2D eigenvalue weighted by Gasteiger charge is -2.38. The number of carbonyl (C=O) groups excluding carboxylic acids is 7. The van der Waals surface area contributed by atoms with Crippen LogP contribution in [0.1, 0.15) is 59.3 Å². The molecule has 7 rings (SSSR count). The Morgan fingerprint density at radius 1 is 0.489 bits per heavy atom. The quantitative estimate of drug-likeness (QED) is 0.0208. The van der Waals surface area contributed by atoms with E-state index < -0.39 is 35.5 Å². The number of imidazole rings is 3. The molecule has 5 aromatic heterocycles. The predicted octanol–water partition coefficient (Wildman–Crippen LogP) is 1.06. The van der Waals surface area contributed by atoms with E-state index in [0.29, 0.717) is 123 Å². The van der Waals surface area contributed by atoms with Gasteiger partial charge in [0.1, 0.15) is 23.7 Å². The number of rotatable bonds is 41. The van der Waals surface area contributed by atoms with Crippen LogP contribution in [-0.4, -0.2) is 223 Å². The predicted molar refractivity (Wildman–Crippen MR) is 325 cm³/mol. The first-order chi connectivity index (χ1) is 43.5. The van der Waals surface area contributed by atoms with E-state index in [1.165, 1.54) is 49.3 Å². The SMILES string of the molecule is Cn1cc(NC(=O)c2nccn2C)cc1C(=O)NCCC(=O)Nc1cn(C)c(C(=O)Nc2cc(C(=O)N3CC(C(=O)Nc4cn(C)c(C(=O)NCCOCCOCCOCCOCCOCCOCCOCCOCCOc5ccc(N)cc5)n4)C3)n(C)c2)n1. The van der Waals surface area contributed by atoms with Crippen LogP contribution in [-0.2, 0) is 82.7 Å². The molecule has 8 N–H and O–H groups in total. The van der Waals surface area contributed by atoms with Gasteiger partial charge in [0, 0.05) is 111 Å². The van der Waals surface area contributed by atoms with Crippen molar-refractivity contribution in [3.63, 3.8) is 0 Å². The van der Waals surface area contributed by atoms with Gasteiger partial charge in [-0.25, -0.2) is 15.0 Å². The van der Waals surface area contributed by atoms with E-state index in [9.17, 15) is 33.6 Å². The molecule has 0 bridgehead atoms. The normalized spacial score (nSPS) is 12.2. The van der Waals surface area contributed by atoms with Crippen molar-refractivity contribution in [1.82, 2.24) is 53.3 Å². The van der Waals surface area contributed by atoms with Crippen molar-refractivity contribution < 1.29 is 76.2 Å². The number of hydrogen-bond donors (Lipinski definition) is 7. The summed E-state index contributed by atoms with van der Waals surface area (Å²) in [5.41, 5.74) is 7.56. The van der Waals surface area contributed by atoms with Crippen LogP contribution < -0.4 is 42.4 Å². The first kappa shape index (κ1) is 68.5. The minimum atomic E-state index is -0.612. The number of aromatic nitrogens is 8. The Bertz CT molecular complexity index is 3290. The largest absolute Gasteiger partial charge is 0.491 e. The van der Waals surface area contributed by atoms with Crippen LogP contribution in [0.3, 0.4) is 0 Å². The molecule has 1 aliphatic rings. The van der Waals surface area contributed by atoms with E-state index >= 15 is 0 Å². The van der Waals surface area contributed by atoms with Crippen molar-refractivity contribution in [3.8, 4) is 5.75 Å². The number of amides is 7. The van der Waals surface area contributed by atoms with Crippen molar-refractivity contribution in [2.45, 2.75) is 6.42 Å². The van der Waals surface area contributed by atoms with Gasteiger partial charge in [0.25, 0.3) is 29.5 Å². The van der Waals surface area contributed by atoms with Gasteiger partial charge in [0.15, 0.2) is 17.5 Å². The van der Waals surface area contributed by atoms with Crippen LogP contribution in [0.2, 0.25) is 0 Å². The standard InChI is InChI=1S/C58H80N16O16/c1-69-14-12-60-50(69)56(79)63-42-32-45(70(2)36-42)54(77)61-11-10-49(75)65-47-38-73(5)52(66-47)57(80)64-43-33-46(71(3)37-43)58(81)74-34-40(35-74)53(76)68-48-39-72(4)51(67-48)55(78)62-13-15-82-16-17-83-18-19-84-20-21-85-22-23-86-24-25-87-26-27-88-28-29-89-30-31-90-44-8-6-41(59)7-9-44/h6-9,12,14,32-33,36-40H,10-11,13,15-31,34-35,59H2,1-5H3,(H,61,77)(H,62,78)(H,63,79)(H,64,80)(H,65,75)(H,68,76). The summed E-state index contributed by atoms with van der Waals surface area (Å²) < 4.78 is 57.3. The Kier molecular flexibility index (Phi) is 27.3. The molecule has 1 fully saturated rings. The summed E-state index contributed by atoms with van der Waals surface area (Å²) in [6, 6.07) is 10.2. The number of ether oxygens (including phenoxy) is 9. The molecule has 0 aliphatic carbocycles. The molecule has 6 heterocycles. The third-order valence-electron chi connectivity index (χ3n) is 13.4. The molecule has 0 atom stereocenters. The number of nitrogen functional groups attached to an aromatic ring is 1. The zero-order chi connectivity index (χ0) is 64.2. The fourth-order valence-corrected chi connectivity index (χ4v) is 8.66. The summed E-state index contributed by atoms with van der Waals surface area (Å²) in [6.45, 7) is 7.54. The minimum absolute atomic E-state index is 0.0174. The van der Waals surface area contributed by atoms with E-state index in [4.69, 9.17) is 48.4 Å². The summed E-state index contributed by atoms with van der Waals surface area (Å²) in [7, 11) is 8.18. The first-order valence-corrected chi connectivity index (χ1v) is 29.1. The lowest BCUT2D eigenvalue weighted by Crippen LogP contribution is -2.54. The van der Waals surface area contributed by atoms with Crippen LogP contribution in [0.25, 0.3) is 0 Å². The van der Waals surface area contributed by atoms with Crippen molar-refractivity contribution >= 4 is 70.0 Å². The summed E-state index contributed by atoms with van der Waals surface area (Å²) in [5.74, 6) is -2.44. The van der Waals surface area contributed by atoms with Crippen LogP contribution in [0.5, 0.6) is 5.75 Å². The molecule has 0 radical (unpaired) electrons. The molecule has 1 aliphatic heterocycles. The molecule has 488 valence electrons. The Balaban J connectivity index is 0.660. The maximum absolute atomic E-state index is 13.5. The zero-order valence-electron chi connectivity index (χ0n) is 51.2. The van der Waals surface area contributed by atoms with Crippen LogP contribution in [0.4, 0.5) is 28.7 Å². The molecule has 90 heavy (non-hydrogen) atoms. The highest BCUT2D eigenvalue weighted by atomic mass is 16.6. The van der Waals surface area contributed by atoms with Crippen LogP contribution in [0.15, 0.2) is 73.6 Å². The first-order valence-electron chi connectivity index (χ1n) is 29.1. The lowest BCUT2D eigenvalue weighted by molar-refractivity contribution is -0.123. The second-order valence-corrected chi connectivity index (χ2v) is 20.4. The van der Waals surface area contributed by atoms with Gasteiger partial charge in [0.05, 0.1) is 123 Å². The van der Waals surface area contributed by atoms with E-state index in [-0.39, 0.29) is 91.5 Å². The number of nitrogens with two attached hydrogens (primary N) is 1. The summed E-state index contributed by atoms with van der Waals surface area (Å²) >= 11 is 0. The van der Waals surface area contributed by atoms with Gasteiger partial charge in [-0.1, -0.05) is 0 Å². The average molecular weight is 1260 g/mol. The van der Waals surface area contributed by atoms with Gasteiger partial charge in [-0.05, 0) is 36.4 Å². The highest BCUT2D eigenvalue weighted by Crippen LogP contribution is 2.24. The molecular weight excluding hydrogens is 1180 g/mol. The number of nitrogens with zero attached hydrogens (tertiary/aromatic N) is 9. The van der Waals surface area contributed by atoms with Gasteiger partial charge < -0.3 is 108 Å². The number of nitrogens with one attached hydrogen (secondary N) is 6. The van der Waals surface area contributed by atoms with Gasteiger partial charge in [0.2, 0.25) is 23.5 Å². The van der Waals surface area contributed by atoms with Gasteiger partial charge in [-0.3, -0.25) is 33.6 Å². The number of benzene rings is 1. The monoisotopic (exact) mass is 1260 g/mol. The van der Waals surface area contributed by atoms with Gasteiger partial charge in [-0.2, -0.15) is 0 Å². The summed E-state index contributed by atoms with van der Waals surface area (Å²) in [4.78, 5) is 105. The Morgan fingerprint density at radius 3 is 1.47 bits per heavy atom. The Hall–Kier alpha value is -9.02. The fourth-order valence-electron chi connectivity index (χ4n) is 8.66. The molecule has 7 amide bonds. The zero-order valence-corrected chi connectivity index (χ0v) is 51.2. The van der Waals surface area contributed by atoms with Gasteiger partial charge >= 0.3 is 0 Å². The van der Waals surface area contributed by atoms with Crippen molar-refractivity contribution in [2.24, 2.45) is 41.2 Å². The molecule has 1 aromatic carbocycles. The highest BCUT2D eigenvalue weighted by Gasteiger charge is 2.37. The number of aryl methyl sites for hydroxylation is 5. The van der Waals surface area contributed by atoms with Gasteiger partial charge in [-0.15, -0.1) is 0 Å². The molecular formula is C58H80N16O16. The van der Waals surface area contributed by atoms with Crippen molar-refractivity contribution in [3.05, 3.63) is 102 Å². The third-order valence-corrected chi connectivity index (χ3v) is 13.4. The van der Waals surface area contributed by atoms with Crippen LogP contribution in [0, 0.1) is 5.92 Å². The van der Waals surface area contributed by atoms with E-state index in [1.54, 1.807) is 75.1 Å². The molecule has 6 aromatic rings. The lowest BCUT2D eigenvalue weighted by atomic mass is 9.98. The second kappa shape index (κ2) is 35.8. The average Bonchev–Trinajstić information content (AvgIpc) is 2.59. The van der Waals surface area contributed by atoms with E-state index in [2.05, 4.69) is 46.9 Å². The fraction of sp³-hybridized carbons (Fsp3) is 0.483. The molecule has 0 unspecified atom stereocenters. The topological polar surface area (TPSA) is 367 Å². The maximum Gasteiger partial charge on any atom is 0.291 e. The smallest absolute Gasteiger partial charge is 0.291 e. The maximum atomic E-state index is 13.5. The van der Waals surface area contributed by atoms with E-state index in [0.717, 1.165) is 5.75 Å². The van der Waals surface area contributed by atoms with Crippen LogP contribution >= 0.6 is 0 Å². The second-order valence-electron chi connectivity index (χ2n) is 20.4. The number of hydrogen-bond acceptors (Lipinski definition) is 20. The molecule has 0 spiro atoms. The highest BCUT2D eigenvalue weighted by molar-refractivity contribution is 6.05. The number of likely N-dealkylation sites (tertiary alicyclic amines) is 1. The Labute approximate surface area is 519 Å². The summed E-state index contributed by atoms with van der Waals surface area (Å²) in [5, 5.41) is 16.2. The summed E-state index contributed by atoms with van der Waals surface area (Å²) in [6.07, 6.45) is 9.14. The molecule has 32 heteroatoms.